The second kappa shape index (κ2) is 4.48. The Morgan fingerprint density at radius 1 is 1.15 bits per heavy atom. The average molecular weight is 276 g/mol. The Labute approximate surface area is 111 Å². The van der Waals surface area contributed by atoms with Crippen LogP contribution in [0.25, 0.3) is 10.9 Å². The molecule has 1 N–H and O–H groups in total. The summed E-state index contributed by atoms with van der Waals surface area (Å²) in [6.07, 6.45) is 4.44. The summed E-state index contributed by atoms with van der Waals surface area (Å²) in [4.78, 5) is 19.0. The Hall–Kier alpha value is -2.63. The lowest BCUT2D eigenvalue weighted by Gasteiger charge is -2.02. The third-order valence-corrected chi connectivity index (χ3v) is 2.97. The van der Waals surface area contributed by atoms with E-state index in [1.165, 1.54) is 12.4 Å². The van der Waals surface area contributed by atoms with Crippen molar-refractivity contribution in [3.05, 3.63) is 65.4 Å². The van der Waals surface area contributed by atoms with E-state index < -0.39 is 23.2 Å². The van der Waals surface area contributed by atoms with Crippen molar-refractivity contribution in [3.63, 3.8) is 0 Å². The van der Waals surface area contributed by atoms with Crippen molar-refractivity contribution in [1.29, 1.82) is 0 Å². The first-order valence-electron chi connectivity index (χ1n) is 5.68. The lowest BCUT2D eigenvalue weighted by atomic mass is 10.0. The van der Waals surface area contributed by atoms with E-state index in [-0.39, 0.29) is 11.1 Å². The predicted octanol–water partition coefficient (Wildman–Crippen LogP) is 3.21. The molecule has 0 aliphatic rings. The number of aromatic nitrogens is 2. The van der Waals surface area contributed by atoms with Crippen molar-refractivity contribution in [3.8, 4) is 0 Å². The number of nitrogens with zero attached hydrogens (tertiary/aromatic N) is 1. The van der Waals surface area contributed by atoms with Gasteiger partial charge in [-0.15, -0.1) is 0 Å². The van der Waals surface area contributed by atoms with E-state index in [2.05, 4.69) is 9.97 Å². The number of carbonyl (C=O) groups excluding carboxylic acids is 1. The van der Waals surface area contributed by atoms with Gasteiger partial charge in [-0.25, -0.2) is 13.2 Å². The maximum Gasteiger partial charge on any atom is 0.195 e. The van der Waals surface area contributed by atoms with Crippen molar-refractivity contribution in [2.45, 2.75) is 0 Å². The third-order valence-electron chi connectivity index (χ3n) is 2.97. The minimum atomic E-state index is -1.60. The molecule has 0 radical (unpaired) electrons. The highest BCUT2D eigenvalue weighted by Crippen LogP contribution is 2.22. The summed E-state index contributed by atoms with van der Waals surface area (Å²) in [6.45, 7) is 0. The number of hydrogen-bond donors (Lipinski definition) is 1. The first kappa shape index (κ1) is 12.4. The zero-order valence-corrected chi connectivity index (χ0v) is 9.95. The molecule has 0 fully saturated rings. The van der Waals surface area contributed by atoms with Crippen molar-refractivity contribution in [2.24, 2.45) is 0 Å². The van der Waals surface area contributed by atoms with E-state index in [1.807, 2.05) is 0 Å². The first-order chi connectivity index (χ1) is 9.58. The predicted molar refractivity (Wildman–Crippen MR) is 65.8 cm³/mol. The van der Waals surface area contributed by atoms with Gasteiger partial charge in [0.25, 0.3) is 0 Å². The molecule has 1 aromatic carbocycles. The van der Waals surface area contributed by atoms with Gasteiger partial charge in [-0.05, 0) is 18.2 Å². The van der Waals surface area contributed by atoms with Crippen molar-refractivity contribution >= 4 is 16.7 Å². The molecular formula is C14H7F3N2O. The van der Waals surface area contributed by atoms with Crippen LogP contribution >= 0.6 is 0 Å². The van der Waals surface area contributed by atoms with Crippen LogP contribution in [0.4, 0.5) is 13.2 Å². The Morgan fingerprint density at radius 2 is 1.85 bits per heavy atom. The Kier molecular flexibility index (Phi) is 2.78. The Balaban J connectivity index is 2.13. The molecule has 0 spiro atoms. The van der Waals surface area contributed by atoms with Gasteiger partial charge in [-0.2, -0.15) is 0 Å². The fraction of sp³-hybridized carbons (Fsp3) is 0. The van der Waals surface area contributed by atoms with Crippen LogP contribution in [-0.2, 0) is 0 Å². The minimum Gasteiger partial charge on any atom is -0.360 e. The molecule has 0 aliphatic carbocycles. The van der Waals surface area contributed by atoms with Gasteiger partial charge < -0.3 is 4.98 Å². The number of H-pyrrole nitrogens is 1. The summed E-state index contributed by atoms with van der Waals surface area (Å²) in [5.74, 6) is -5.00. The number of rotatable bonds is 2. The molecule has 0 aliphatic heterocycles. The fourth-order valence-corrected chi connectivity index (χ4v) is 1.99. The number of carbonyl (C=O) groups is 1. The molecule has 0 atom stereocenters. The molecular weight excluding hydrogens is 269 g/mol. The highest BCUT2D eigenvalue weighted by atomic mass is 19.2. The van der Waals surface area contributed by atoms with Gasteiger partial charge >= 0.3 is 0 Å². The van der Waals surface area contributed by atoms with Gasteiger partial charge in [-0.3, -0.25) is 9.78 Å². The molecule has 2 aromatic heterocycles. The van der Waals surface area contributed by atoms with Crippen LogP contribution in [0.2, 0.25) is 0 Å². The van der Waals surface area contributed by atoms with Crippen molar-refractivity contribution < 1.29 is 18.0 Å². The maximum absolute atomic E-state index is 13.2. The van der Waals surface area contributed by atoms with Crippen molar-refractivity contribution in [1.82, 2.24) is 9.97 Å². The van der Waals surface area contributed by atoms with Crippen LogP contribution in [0.15, 0.2) is 36.8 Å². The van der Waals surface area contributed by atoms with Crippen LogP contribution in [0.5, 0.6) is 0 Å². The number of fused-ring (bicyclic) bond motifs is 1. The normalized spacial score (nSPS) is 10.9. The molecule has 0 unspecified atom stereocenters. The van der Waals surface area contributed by atoms with E-state index in [9.17, 15) is 18.0 Å². The Morgan fingerprint density at radius 3 is 2.55 bits per heavy atom. The van der Waals surface area contributed by atoms with E-state index in [1.54, 1.807) is 12.3 Å². The van der Waals surface area contributed by atoms with Crippen LogP contribution in [0.1, 0.15) is 15.9 Å². The van der Waals surface area contributed by atoms with Gasteiger partial charge in [-0.1, -0.05) is 0 Å². The molecule has 100 valence electrons. The summed E-state index contributed by atoms with van der Waals surface area (Å²) >= 11 is 0. The lowest BCUT2D eigenvalue weighted by molar-refractivity contribution is 0.103. The van der Waals surface area contributed by atoms with Crippen LogP contribution < -0.4 is 0 Å². The number of nitrogens with one attached hydrogen (secondary N) is 1. The number of ketones is 1. The van der Waals surface area contributed by atoms with Gasteiger partial charge in [0, 0.05) is 40.6 Å². The molecule has 3 rings (SSSR count). The second-order valence-electron chi connectivity index (χ2n) is 4.21. The number of halogens is 3. The van der Waals surface area contributed by atoms with E-state index in [0.717, 1.165) is 0 Å². The molecule has 6 heteroatoms. The minimum absolute atomic E-state index is 0.221. The number of hydrogen-bond acceptors (Lipinski definition) is 2. The van der Waals surface area contributed by atoms with E-state index >= 15 is 0 Å². The topological polar surface area (TPSA) is 45.8 Å². The summed E-state index contributed by atoms with van der Waals surface area (Å²) in [7, 11) is 0. The van der Waals surface area contributed by atoms with E-state index in [0.29, 0.717) is 23.0 Å². The second-order valence-corrected chi connectivity index (χ2v) is 4.21. The van der Waals surface area contributed by atoms with Crippen LogP contribution in [0.3, 0.4) is 0 Å². The third kappa shape index (κ3) is 1.85. The number of aromatic amines is 1. The molecule has 0 saturated carbocycles. The van der Waals surface area contributed by atoms with Crippen LogP contribution in [-0.4, -0.2) is 15.8 Å². The van der Waals surface area contributed by atoms with Crippen LogP contribution in [0, 0.1) is 17.5 Å². The van der Waals surface area contributed by atoms with E-state index in [4.69, 9.17) is 0 Å². The molecule has 0 amide bonds. The summed E-state index contributed by atoms with van der Waals surface area (Å²) in [5, 5.41) is 0.530. The van der Waals surface area contributed by atoms with Crippen molar-refractivity contribution in [2.75, 3.05) is 0 Å². The fourth-order valence-electron chi connectivity index (χ4n) is 1.99. The molecule has 0 bridgehead atoms. The standard InChI is InChI=1S/C14H7F3N2O/c15-10-3-7(4-11(16)13(10)17)14(20)9-6-19-12-1-2-18-5-8(9)12/h1-6,19H. The monoisotopic (exact) mass is 276 g/mol. The van der Waals surface area contributed by atoms with Gasteiger partial charge in [0.1, 0.15) is 0 Å². The highest BCUT2D eigenvalue weighted by Gasteiger charge is 2.18. The smallest absolute Gasteiger partial charge is 0.195 e. The van der Waals surface area contributed by atoms with Gasteiger partial charge in [0.15, 0.2) is 23.2 Å². The maximum atomic E-state index is 13.2. The van der Waals surface area contributed by atoms with Gasteiger partial charge in [0.2, 0.25) is 0 Å². The zero-order chi connectivity index (χ0) is 14.3. The number of pyridine rings is 1. The average Bonchev–Trinajstić information content (AvgIpc) is 2.87. The molecule has 20 heavy (non-hydrogen) atoms. The molecule has 3 nitrogen and oxygen atoms in total. The SMILES string of the molecule is O=C(c1cc(F)c(F)c(F)c1)c1c[nH]c2ccncc12. The Bertz CT molecular complexity index is 803. The lowest BCUT2D eigenvalue weighted by Crippen LogP contribution is -2.04. The molecule has 0 saturated heterocycles. The quantitative estimate of drug-likeness (QED) is 0.577. The number of benzene rings is 1. The summed E-state index contributed by atoms with van der Waals surface area (Å²) in [6, 6.07) is 3.02. The van der Waals surface area contributed by atoms with Gasteiger partial charge in [0.05, 0.1) is 0 Å². The first-order valence-corrected chi connectivity index (χ1v) is 5.68. The molecule has 3 aromatic rings. The largest absolute Gasteiger partial charge is 0.360 e. The highest BCUT2D eigenvalue weighted by molar-refractivity contribution is 6.16. The molecule has 2 heterocycles. The summed E-state index contributed by atoms with van der Waals surface area (Å²) < 4.78 is 39.2. The summed E-state index contributed by atoms with van der Waals surface area (Å²) in [5.41, 5.74) is 0.635. The zero-order valence-electron chi connectivity index (χ0n) is 9.95.